The molecule has 330 valence electrons. The van der Waals surface area contributed by atoms with Crippen LogP contribution >= 0.6 is 0 Å². The molecular weight excluding hydrogens is 821 g/mol. The number of ether oxygens (including phenoxy) is 9. The summed E-state index contributed by atoms with van der Waals surface area (Å²) in [6.45, 7) is 1.19. The van der Waals surface area contributed by atoms with Crippen molar-refractivity contribution in [3.63, 3.8) is 0 Å². The fraction of sp³-hybridized carbons (Fsp3) is 0.218. The van der Waals surface area contributed by atoms with Crippen molar-refractivity contribution in [2.45, 2.75) is 70.0 Å². The van der Waals surface area contributed by atoms with Crippen LogP contribution in [0.1, 0.15) is 50.0 Å². The van der Waals surface area contributed by atoms with Crippen LogP contribution in [-0.4, -0.2) is 43.3 Å². The summed E-state index contributed by atoms with van der Waals surface area (Å²) in [5.74, 6) is 0.292. The van der Waals surface area contributed by atoms with Crippen LogP contribution < -0.4 is 14.2 Å². The molecule has 65 heavy (non-hydrogen) atoms. The number of benzene rings is 7. The third kappa shape index (κ3) is 11.5. The van der Waals surface area contributed by atoms with Crippen LogP contribution in [0.15, 0.2) is 194 Å². The van der Waals surface area contributed by atoms with Gasteiger partial charge >= 0.3 is 5.97 Å². The minimum absolute atomic E-state index is 0.150. The van der Waals surface area contributed by atoms with Crippen LogP contribution in [0.4, 0.5) is 0 Å². The Morgan fingerprint density at radius 1 is 0.477 bits per heavy atom. The van der Waals surface area contributed by atoms with Crippen molar-refractivity contribution in [1.29, 1.82) is 0 Å². The van der Waals surface area contributed by atoms with Gasteiger partial charge in [0.2, 0.25) is 5.75 Å². The van der Waals surface area contributed by atoms with Crippen molar-refractivity contribution < 1.29 is 47.4 Å². The predicted molar refractivity (Wildman–Crippen MR) is 243 cm³/mol. The third-order valence-electron chi connectivity index (χ3n) is 11.1. The summed E-state index contributed by atoms with van der Waals surface area (Å²) in [4.78, 5) is 15.0. The standard InChI is InChI=1S/C55H50O10/c56-53(45-31-46(57-33-39-19-7-1-8-20-39)49(59-35-41-23-11-3-12-24-41)47(32-45)58-34-40-21-9-2-10-22-40)64-51-50-48(38-62-54(65-50)44-29-17-6-18-30-44)63-55(61-37-43-27-15-5-16-28-43)52(51)60-36-42-25-13-4-14-26-42/h1-32,48,50-52,54-55H,33-38H2/t48-,50-,51+,52-,54-,55-/m1/s1. The van der Waals surface area contributed by atoms with E-state index >= 15 is 0 Å². The summed E-state index contributed by atoms with van der Waals surface area (Å²) in [7, 11) is 0. The summed E-state index contributed by atoms with van der Waals surface area (Å²) >= 11 is 0. The topological polar surface area (TPSA) is 100 Å². The van der Waals surface area contributed by atoms with Crippen molar-refractivity contribution in [3.8, 4) is 17.2 Å². The molecule has 6 atom stereocenters. The zero-order valence-electron chi connectivity index (χ0n) is 35.8. The number of rotatable bonds is 18. The maximum atomic E-state index is 15.0. The van der Waals surface area contributed by atoms with Crippen molar-refractivity contribution in [1.82, 2.24) is 0 Å². The first-order valence-electron chi connectivity index (χ1n) is 21.8. The number of fused-ring (bicyclic) bond motifs is 1. The second kappa shape index (κ2) is 21.7. The molecule has 2 fully saturated rings. The highest BCUT2D eigenvalue weighted by atomic mass is 16.8. The summed E-state index contributed by atoms with van der Waals surface area (Å²) < 4.78 is 59.0. The first kappa shape index (κ1) is 43.5. The van der Waals surface area contributed by atoms with Gasteiger partial charge in [-0.1, -0.05) is 182 Å². The number of hydrogen-bond donors (Lipinski definition) is 0. The van der Waals surface area contributed by atoms with Crippen molar-refractivity contribution in [2.75, 3.05) is 6.61 Å². The lowest BCUT2D eigenvalue weighted by atomic mass is 9.97. The number of carbonyl (C=O) groups excluding carboxylic acids is 1. The predicted octanol–water partition coefficient (Wildman–Crippen LogP) is 10.6. The van der Waals surface area contributed by atoms with Gasteiger partial charge in [0.05, 0.1) is 25.4 Å². The molecule has 2 saturated heterocycles. The molecule has 2 aliphatic heterocycles. The van der Waals surface area contributed by atoms with Gasteiger partial charge in [-0.2, -0.15) is 0 Å². The van der Waals surface area contributed by atoms with E-state index in [9.17, 15) is 4.79 Å². The molecule has 9 rings (SSSR count). The molecule has 2 aliphatic rings. The Kier molecular flexibility index (Phi) is 14.5. The molecule has 0 saturated carbocycles. The van der Waals surface area contributed by atoms with E-state index in [1.165, 1.54) is 0 Å². The number of esters is 1. The Hall–Kier alpha value is -6.79. The van der Waals surface area contributed by atoms with E-state index in [0.29, 0.717) is 17.2 Å². The third-order valence-corrected chi connectivity index (χ3v) is 11.1. The van der Waals surface area contributed by atoms with Gasteiger partial charge in [-0.05, 0) is 39.9 Å². The van der Waals surface area contributed by atoms with Gasteiger partial charge in [-0.3, -0.25) is 0 Å². The average Bonchev–Trinajstić information content (AvgIpc) is 3.37. The fourth-order valence-corrected chi connectivity index (χ4v) is 7.73. The Labute approximate surface area is 379 Å². The van der Waals surface area contributed by atoms with Crippen LogP contribution in [0.3, 0.4) is 0 Å². The molecule has 7 aromatic rings. The molecular formula is C55H50O10. The quantitative estimate of drug-likeness (QED) is 0.0775. The van der Waals surface area contributed by atoms with Gasteiger partial charge in [-0.15, -0.1) is 0 Å². The summed E-state index contributed by atoms with van der Waals surface area (Å²) in [5.41, 5.74) is 5.65. The first-order chi connectivity index (χ1) is 32.1. The average molecular weight is 871 g/mol. The molecule has 0 amide bonds. The van der Waals surface area contributed by atoms with E-state index in [4.69, 9.17) is 42.6 Å². The first-order valence-corrected chi connectivity index (χ1v) is 21.8. The van der Waals surface area contributed by atoms with E-state index in [1.807, 2.05) is 182 Å². The minimum Gasteiger partial charge on any atom is -0.485 e. The van der Waals surface area contributed by atoms with E-state index in [2.05, 4.69) is 0 Å². The van der Waals surface area contributed by atoms with E-state index in [0.717, 1.165) is 33.4 Å². The monoisotopic (exact) mass is 870 g/mol. The van der Waals surface area contributed by atoms with Gasteiger partial charge < -0.3 is 42.6 Å². The smallest absolute Gasteiger partial charge is 0.338 e. The highest BCUT2D eigenvalue weighted by molar-refractivity contribution is 5.91. The Bertz CT molecular complexity index is 2460. The summed E-state index contributed by atoms with van der Waals surface area (Å²) in [6, 6.07) is 61.9. The largest absolute Gasteiger partial charge is 0.485 e. The van der Waals surface area contributed by atoms with Crippen molar-refractivity contribution in [3.05, 3.63) is 233 Å². The fourth-order valence-electron chi connectivity index (χ4n) is 7.73. The molecule has 0 unspecified atom stereocenters. The zero-order chi connectivity index (χ0) is 44.0. The molecule has 0 spiro atoms. The Morgan fingerprint density at radius 3 is 1.40 bits per heavy atom. The zero-order valence-corrected chi connectivity index (χ0v) is 35.8. The van der Waals surface area contributed by atoms with Gasteiger partial charge in [0.1, 0.15) is 38.1 Å². The lowest BCUT2D eigenvalue weighted by molar-refractivity contribution is -0.367. The highest BCUT2D eigenvalue weighted by Gasteiger charge is 2.53. The van der Waals surface area contributed by atoms with Crippen LogP contribution in [0.2, 0.25) is 0 Å². The highest BCUT2D eigenvalue weighted by Crippen LogP contribution is 2.42. The molecule has 0 aliphatic carbocycles. The summed E-state index contributed by atoms with van der Waals surface area (Å²) in [6.07, 6.45) is -5.18. The lowest BCUT2D eigenvalue weighted by Gasteiger charge is -2.48. The normalized spacial score (nSPS) is 20.2. The Morgan fingerprint density at radius 2 is 0.908 bits per heavy atom. The van der Waals surface area contributed by atoms with Gasteiger partial charge in [0, 0.05) is 5.56 Å². The van der Waals surface area contributed by atoms with Crippen LogP contribution in [0.25, 0.3) is 0 Å². The SMILES string of the molecule is O=C(O[C@@H]1[C@@H](OCc2ccccc2)[C@H](OCc2ccccc2)O[C@@H]2CO[C@@H](c3ccccc3)O[C@@H]12)c1cc(OCc2ccccc2)c(OCc2ccccc2)c(OCc2ccccc2)c1. The minimum atomic E-state index is -1.03. The van der Waals surface area contributed by atoms with Crippen LogP contribution in [0, 0.1) is 0 Å². The maximum Gasteiger partial charge on any atom is 0.338 e. The lowest BCUT2D eigenvalue weighted by Crippen LogP contribution is -2.64. The Balaban J connectivity index is 1.08. The molecule has 10 heteroatoms. The van der Waals surface area contributed by atoms with E-state index in [-0.39, 0.29) is 45.2 Å². The molecule has 0 aromatic heterocycles. The van der Waals surface area contributed by atoms with Gasteiger partial charge in [0.15, 0.2) is 30.2 Å². The molecule has 10 nitrogen and oxygen atoms in total. The molecule has 0 radical (unpaired) electrons. The maximum absolute atomic E-state index is 15.0. The van der Waals surface area contributed by atoms with Crippen molar-refractivity contribution >= 4 is 5.97 Å². The second-order valence-electron chi connectivity index (χ2n) is 15.8. The van der Waals surface area contributed by atoms with E-state index in [1.54, 1.807) is 12.1 Å². The van der Waals surface area contributed by atoms with Gasteiger partial charge in [0.25, 0.3) is 0 Å². The summed E-state index contributed by atoms with van der Waals surface area (Å²) in [5, 5.41) is 0. The van der Waals surface area contributed by atoms with Crippen LogP contribution in [-0.2, 0) is 61.5 Å². The number of hydrogen-bond acceptors (Lipinski definition) is 10. The van der Waals surface area contributed by atoms with Crippen LogP contribution in [0.5, 0.6) is 17.2 Å². The molecule has 0 bridgehead atoms. The van der Waals surface area contributed by atoms with E-state index < -0.39 is 43.0 Å². The number of carbonyl (C=O) groups is 1. The van der Waals surface area contributed by atoms with Gasteiger partial charge in [-0.25, -0.2) is 4.79 Å². The molecule has 7 aromatic carbocycles. The molecule has 2 heterocycles. The van der Waals surface area contributed by atoms with Crippen molar-refractivity contribution in [2.24, 2.45) is 0 Å². The second-order valence-corrected chi connectivity index (χ2v) is 15.8. The molecule has 0 N–H and O–H groups in total.